The van der Waals surface area contributed by atoms with Crippen LogP contribution in [0.2, 0.25) is 0 Å². The summed E-state index contributed by atoms with van der Waals surface area (Å²) in [5.74, 6) is 0.192. The maximum Gasteiger partial charge on any atom is 0.220 e. The number of benzene rings is 1. The van der Waals surface area contributed by atoms with Gasteiger partial charge in [0.15, 0.2) is 0 Å². The van der Waals surface area contributed by atoms with Crippen LogP contribution in [0.3, 0.4) is 0 Å². The molecule has 4 heteroatoms. The maximum absolute atomic E-state index is 11.1. The number of hydrogen-bond donors (Lipinski definition) is 2. The van der Waals surface area contributed by atoms with Crippen molar-refractivity contribution in [3.63, 3.8) is 0 Å². The van der Waals surface area contributed by atoms with Gasteiger partial charge in [0.1, 0.15) is 0 Å². The first-order chi connectivity index (χ1) is 8.72. The van der Waals surface area contributed by atoms with Crippen LogP contribution in [0.1, 0.15) is 36.4 Å². The van der Waals surface area contributed by atoms with Gasteiger partial charge in [0.05, 0.1) is 0 Å². The molecule has 2 atom stereocenters. The molecule has 3 rings (SSSR count). The number of rotatable bonds is 3. The van der Waals surface area contributed by atoms with Gasteiger partial charge in [-0.15, -0.1) is 0 Å². The summed E-state index contributed by atoms with van der Waals surface area (Å²) in [5, 5.41) is 6.59. The summed E-state index contributed by atoms with van der Waals surface area (Å²) < 4.78 is 1.16. The van der Waals surface area contributed by atoms with E-state index in [4.69, 9.17) is 0 Å². The number of halogens is 1. The summed E-state index contributed by atoms with van der Waals surface area (Å²) in [7, 11) is 0. The highest BCUT2D eigenvalue weighted by molar-refractivity contribution is 9.10. The molecule has 18 heavy (non-hydrogen) atoms. The molecule has 1 heterocycles. The zero-order valence-corrected chi connectivity index (χ0v) is 11.8. The Bertz CT molecular complexity index is 475. The molecule has 2 unspecified atom stereocenters. The third-order valence-electron chi connectivity index (χ3n) is 3.88. The number of carbonyl (C=O) groups is 1. The number of amides is 1. The van der Waals surface area contributed by atoms with Gasteiger partial charge in [-0.05, 0) is 42.5 Å². The predicted octanol–water partition coefficient (Wildman–Crippen LogP) is 2.30. The van der Waals surface area contributed by atoms with E-state index >= 15 is 0 Å². The molecule has 2 N–H and O–H groups in total. The van der Waals surface area contributed by atoms with Crippen molar-refractivity contribution in [1.82, 2.24) is 10.6 Å². The van der Waals surface area contributed by atoms with Crippen LogP contribution in [0.4, 0.5) is 0 Å². The SMILES string of the molecule is O=C1CCC(CNC2CCc3cc(Br)ccc32)N1. The van der Waals surface area contributed by atoms with Crippen molar-refractivity contribution in [2.24, 2.45) is 0 Å². The average molecular weight is 309 g/mol. The molecule has 1 aromatic carbocycles. The van der Waals surface area contributed by atoms with Crippen molar-refractivity contribution >= 4 is 21.8 Å². The van der Waals surface area contributed by atoms with Gasteiger partial charge < -0.3 is 10.6 Å². The minimum Gasteiger partial charge on any atom is -0.352 e. The largest absolute Gasteiger partial charge is 0.352 e. The van der Waals surface area contributed by atoms with E-state index in [-0.39, 0.29) is 5.91 Å². The van der Waals surface area contributed by atoms with Gasteiger partial charge in [0, 0.05) is 29.5 Å². The lowest BCUT2D eigenvalue weighted by Crippen LogP contribution is -2.36. The van der Waals surface area contributed by atoms with Gasteiger partial charge >= 0.3 is 0 Å². The van der Waals surface area contributed by atoms with Gasteiger partial charge in [-0.3, -0.25) is 4.79 Å². The summed E-state index contributed by atoms with van der Waals surface area (Å²) in [6.07, 6.45) is 3.95. The molecule has 1 amide bonds. The molecule has 0 bridgehead atoms. The molecule has 1 aliphatic heterocycles. The van der Waals surface area contributed by atoms with E-state index in [2.05, 4.69) is 44.8 Å². The van der Waals surface area contributed by atoms with Crippen LogP contribution in [0.5, 0.6) is 0 Å². The fourth-order valence-electron chi connectivity index (χ4n) is 2.91. The van der Waals surface area contributed by atoms with Gasteiger partial charge in [0.25, 0.3) is 0 Å². The van der Waals surface area contributed by atoms with E-state index in [0.29, 0.717) is 18.5 Å². The molecule has 0 saturated carbocycles. The highest BCUT2D eigenvalue weighted by atomic mass is 79.9. The van der Waals surface area contributed by atoms with Gasteiger partial charge in [0.2, 0.25) is 5.91 Å². The summed E-state index contributed by atoms with van der Waals surface area (Å²) in [6, 6.07) is 7.30. The molecule has 2 aliphatic rings. The molecular formula is C14H17BrN2O. The van der Waals surface area contributed by atoms with E-state index in [1.807, 2.05) is 0 Å². The van der Waals surface area contributed by atoms with Crippen molar-refractivity contribution in [1.29, 1.82) is 0 Å². The Morgan fingerprint density at radius 2 is 2.22 bits per heavy atom. The zero-order valence-electron chi connectivity index (χ0n) is 10.2. The number of hydrogen-bond acceptors (Lipinski definition) is 2. The fourth-order valence-corrected chi connectivity index (χ4v) is 3.32. The normalized spacial score (nSPS) is 26.2. The van der Waals surface area contributed by atoms with Crippen LogP contribution in [0, 0.1) is 0 Å². The topological polar surface area (TPSA) is 41.1 Å². The first kappa shape index (κ1) is 12.2. The Morgan fingerprint density at radius 3 is 3.00 bits per heavy atom. The number of nitrogens with one attached hydrogen (secondary N) is 2. The van der Waals surface area contributed by atoms with Crippen LogP contribution >= 0.6 is 15.9 Å². The lowest BCUT2D eigenvalue weighted by molar-refractivity contribution is -0.119. The Kier molecular flexibility index (Phi) is 3.39. The lowest BCUT2D eigenvalue weighted by Gasteiger charge is -2.17. The standard InChI is InChI=1S/C14H17BrN2O/c15-10-2-4-12-9(7-10)1-5-13(12)16-8-11-3-6-14(18)17-11/h2,4,7,11,13,16H,1,3,5-6,8H2,(H,17,18). The monoisotopic (exact) mass is 308 g/mol. The second kappa shape index (κ2) is 5.02. The van der Waals surface area contributed by atoms with E-state index in [1.165, 1.54) is 11.1 Å². The minimum absolute atomic E-state index is 0.192. The Balaban J connectivity index is 1.61. The smallest absolute Gasteiger partial charge is 0.220 e. The van der Waals surface area contributed by atoms with E-state index in [9.17, 15) is 4.79 Å². The van der Waals surface area contributed by atoms with Crippen molar-refractivity contribution < 1.29 is 4.79 Å². The van der Waals surface area contributed by atoms with Crippen LogP contribution in [-0.2, 0) is 11.2 Å². The van der Waals surface area contributed by atoms with E-state index in [1.54, 1.807) is 0 Å². The average Bonchev–Trinajstić information content (AvgIpc) is 2.92. The van der Waals surface area contributed by atoms with Crippen molar-refractivity contribution in [2.45, 2.75) is 37.8 Å². The minimum atomic E-state index is 0.192. The lowest BCUT2D eigenvalue weighted by atomic mass is 10.1. The Morgan fingerprint density at radius 1 is 1.33 bits per heavy atom. The first-order valence-corrected chi connectivity index (χ1v) is 7.33. The van der Waals surface area contributed by atoms with E-state index < -0.39 is 0 Å². The summed E-state index contributed by atoms with van der Waals surface area (Å²) >= 11 is 3.52. The molecular weight excluding hydrogens is 292 g/mol. The molecule has 0 aromatic heterocycles. The van der Waals surface area contributed by atoms with Crippen molar-refractivity contribution in [3.05, 3.63) is 33.8 Å². The maximum atomic E-state index is 11.1. The highest BCUT2D eigenvalue weighted by Gasteiger charge is 2.25. The Labute approximate surface area is 115 Å². The quantitative estimate of drug-likeness (QED) is 0.899. The molecule has 1 fully saturated rings. The summed E-state index contributed by atoms with van der Waals surface area (Å²) in [4.78, 5) is 11.1. The third-order valence-corrected chi connectivity index (χ3v) is 4.37. The molecule has 1 aromatic rings. The highest BCUT2D eigenvalue weighted by Crippen LogP contribution is 2.32. The Hall–Kier alpha value is -0.870. The summed E-state index contributed by atoms with van der Waals surface area (Å²) in [5.41, 5.74) is 2.86. The van der Waals surface area contributed by atoms with Gasteiger partial charge in [-0.1, -0.05) is 22.0 Å². The number of aryl methyl sites for hydroxylation is 1. The third kappa shape index (κ3) is 2.45. The molecule has 1 saturated heterocycles. The molecule has 96 valence electrons. The van der Waals surface area contributed by atoms with Gasteiger partial charge in [-0.2, -0.15) is 0 Å². The van der Waals surface area contributed by atoms with E-state index in [0.717, 1.165) is 30.3 Å². The van der Waals surface area contributed by atoms with Crippen LogP contribution in [0.25, 0.3) is 0 Å². The number of carbonyl (C=O) groups excluding carboxylic acids is 1. The van der Waals surface area contributed by atoms with Crippen molar-refractivity contribution in [3.8, 4) is 0 Å². The first-order valence-electron chi connectivity index (χ1n) is 6.53. The van der Waals surface area contributed by atoms with Crippen LogP contribution < -0.4 is 10.6 Å². The molecule has 1 aliphatic carbocycles. The van der Waals surface area contributed by atoms with Crippen molar-refractivity contribution in [2.75, 3.05) is 6.54 Å². The number of fused-ring (bicyclic) bond motifs is 1. The fraction of sp³-hybridized carbons (Fsp3) is 0.500. The van der Waals surface area contributed by atoms with Crippen LogP contribution in [-0.4, -0.2) is 18.5 Å². The predicted molar refractivity (Wildman–Crippen MR) is 74.4 cm³/mol. The summed E-state index contributed by atoms with van der Waals surface area (Å²) in [6.45, 7) is 0.881. The molecule has 0 spiro atoms. The second-order valence-corrected chi connectivity index (χ2v) is 6.06. The zero-order chi connectivity index (χ0) is 12.5. The molecule has 0 radical (unpaired) electrons. The molecule has 3 nitrogen and oxygen atoms in total. The van der Waals surface area contributed by atoms with Gasteiger partial charge in [-0.25, -0.2) is 0 Å². The van der Waals surface area contributed by atoms with Crippen LogP contribution in [0.15, 0.2) is 22.7 Å². The second-order valence-electron chi connectivity index (χ2n) is 5.15.